The number of nitrogens with one attached hydrogen (secondary N) is 2. The molecule has 2 N–H and O–H groups in total. The fourth-order valence-electron chi connectivity index (χ4n) is 3.08. The van der Waals surface area contributed by atoms with Gasteiger partial charge in [-0.2, -0.15) is 5.10 Å². The average Bonchev–Trinajstić information content (AvgIpc) is 2.48. The molecular weight excluding hydrogens is 266 g/mol. The summed E-state index contributed by atoms with van der Waals surface area (Å²) in [4.78, 5) is 24.3. The van der Waals surface area contributed by atoms with E-state index in [1.54, 1.807) is 18.2 Å². The number of rotatable bonds is 2. The minimum Gasteiger partial charge on any atom is -0.345 e. The van der Waals surface area contributed by atoms with Crippen molar-refractivity contribution in [1.29, 1.82) is 0 Å². The van der Waals surface area contributed by atoms with Crippen LogP contribution in [-0.2, 0) is 0 Å². The molecule has 0 bridgehead atoms. The Balaban J connectivity index is 1.95. The fraction of sp³-hybridized carbons (Fsp3) is 0.438. The van der Waals surface area contributed by atoms with E-state index in [0.29, 0.717) is 10.8 Å². The zero-order chi connectivity index (χ0) is 14.9. The molecule has 1 saturated carbocycles. The van der Waals surface area contributed by atoms with Crippen molar-refractivity contribution in [2.45, 2.75) is 44.6 Å². The number of aromatic nitrogens is 2. The molecule has 0 spiro atoms. The molecule has 1 fully saturated rings. The molecule has 1 heterocycles. The van der Waals surface area contributed by atoms with Gasteiger partial charge in [0.05, 0.1) is 5.39 Å². The highest BCUT2D eigenvalue weighted by molar-refractivity contribution is 6.04. The van der Waals surface area contributed by atoms with Crippen LogP contribution < -0.4 is 10.9 Å². The van der Waals surface area contributed by atoms with Crippen LogP contribution in [0.5, 0.6) is 0 Å². The van der Waals surface area contributed by atoms with Gasteiger partial charge in [0, 0.05) is 10.9 Å². The molecule has 3 rings (SSSR count). The molecule has 5 heteroatoms. The van der Waals surface area contributed by atoms with Gasteiger partial charge in [-0.15, -0.1) is 0 Å². The van der Waals surface area contributed by atoms with Gasteiger partial charge in [-0.05, 0) is 25.8 Å². The third-order valence-electron chi connectivity index (χ3n) is 4.28. The third kappa shape index (κ3) is 2.68. The van der Waals surface area contributed by atoms with Crippen LogP contribution in [0.25, 0.3) is 10.8 Å². The van der Waals surface area contributed by atoms with Crippen molar-refractivity contribution in [3.8, 4) is 0 Å². The maximum Gasteiger partial charge on any atom is 0.272 e. The predicted octanol–water partition coefficient (Wildman–Crippen LogP) is 2.38. The summed E-state index contributed by atoms with van der Waals surface area (Å²) < 4.78 is 0. The van der Waals surface area contributed by atoms with Gasteiger partial charge in [0.1, 0.15) is 0 Å². The minimum absolute atomic E-state index is 0.172. The van der Waals surface area contributed by atoms with Crippen molar-refractivity contribution in [3.05, 3.63) is 40.3 Å². The van der Waals surface area contributed by atoms with E-state index in [2.05, 4.69) is 22.4 Å². The first kappa shape index (κ1) is 13.8. The summed E-state index contributed by atoms with van der Waals surface area (Å²) in [5, 5.41) is 10.5. The Labute approximate surface area is 122 Å². The van der Waals surface area contributed by atoms with E-state index < -0.39 is 0 Å². The van der Waals surface area contributed by atoms with Gasteiger partial charge in [-0.1, -0.05) is 37.5 Å². The lowest BCUT2D eigenvalue weighted by atomic mass is 9.83. The number of carbonyl (C=O) groups excluding carboxylic acids is 1. The average molecular weight is 285 g/mol. The quantitative estimate of drug-likeness (QED) is 0.889. The van der Waals surface area contributed by atoms with E-state index in [9.17, 15) is 9.59 Å². The van der Waals surface area contributed by atoms with Gasteiger partial charge in [0.2, 0.25) is 0 Å². The molecular formula is C16H19N3O2. The first-order chi connectivity index (χ1) is 10.1. The zero-order valence-corrected chi connectivity index (χ0v) is 12.1. The largest absolute Gasteiger partial charge is 0.345 e. The summed E-state index contributed by atoms with van der Waals surface area (Å²) in [6, 6.07) is 7.05. The smallest absolute Gasteiger partial charge is 0.272 e. The van der Waals surface area contributed by atoms with Crippen molar-refractivity contribution in [2.75, 3.05) is 0 Å². The summed E-state index contributed by atoms with van der Waals surface area (Å²) in [5.74, 6) is -0.216. The molecule has 1 amide bonds. The van der Waals surface area contributed by atoms with Gasteiger partial charge in [-0.3, -0.25) is 9.59 Å². The molecule has 0 atom stereocenters. The highest BCUT2D eigenvalue weighted by atomic mass is 16.2. The highest BCUT2D eigenvalue weighted by Crippen LogP contribution is 2.28. The van der Waals surface area contributed by atoms with Crippen molar-refractivity contribution < 1.29 is 4.79 Å². The van der Waals surface area contributed by atoms with E-state index >= 15 is 0 Å². The second-order valence-corrected chi connectivity index (χ2v) is 6.02. The van der Waals surface area contributed by atoms with E-state index in [1.807, 2.05) is 6.07 Å². The minimum atomic E-state index is -0.272. The van der Waals surface area contributed by atoms with Gasteiger partial charge in [0.15, 0.2) is 5.69 Å². The van der Waals surface area contributed by atoms with Crippen LogP contribution in [0, 0.1) is 0 Å². The molecule has 1 aromatic heterocycles. The topological polar surface area (TPSA) is 74.8 Å². The number of hydrogen-bond acceptors (Lipinski definition) is 3. The molecule has 2 aromatic rings. The molecule has 0 unspecified atom stereocenters. The summed E-state index contributed by atoms with van der Waals surface area (Å²) >= 11 is 0. The van der Waals surface area contributed by atoms with Crippen LogP contribution in [0.2, 0.25) is 0 Å². The SMILES string of the molecule is CC1(NC(=O)c2n[nH]c(=O)c3ccccc23)CCCCC1. The van der Waals surface area contributed by atoms with Crippen LogP contribution in [0.15, 0.2) is 29.1 Å². The van der Waals surface area contributed by atoms with Crippen LogP contribution in [-0.4, -0.2) is 21.6 Å². The van der Waals surface area contributed by atoms with Crippen molar-refractivity contribution in [2.24, 2.45) is 0 Å². The number of fused-ring (bicyclic) bond motifs is 1. The first-order valence-corrected chi connectivity index (χ1v) is 7.39. The van der Waals surface area contributed by atoms with Gasteiger partial charge in [-0.25, -0.2) is 5.10 Å². The number of aromatic amines is 1. The van der Waals surface area contributed by atoms with E-state index in [1.165, 1.54) is 6.42 Å². The maximum absolute atomic E-state index is 12.5. The second-order valence-electron chi connectivity index (χ2n) is 6.02. The van der Waals surface area contributed by atoms with Crippen LogP contribution in [0.3, 0.4) is 0 Å². The number of H-pyrrole nitrogens is 1. The number of hydrogen-bond donors (Lipinski definition) is 2. The summed E-state index contributed by atoms with van der Waals surface area (Å²) in [6.45, 7) is 2.08. The van der Waals surface area contributed by atoms with Crippen molar-refractivity contribution in [3.63, 3.8) is 0 Å². The van der Waals surface area contributed by atoms with Gasteiger partial charge in [0.25, 0.3) is 11.5 Å². The molecule has 1 aliphatic carbocycles. The Kier molecular flexibility index (Phi) is 3.49. The molecule has 0 aliphatic heterocycles. The lowest BCUT2D eigenvalue weighted by molar-refractivity contribution is 0.0878. The van der Waals surface area contributed by atoms with E-state index in [-0.39, 0.29) is 22.7 Å². The summed E-state index contributed by atoms with van der Waals surface area (Å²) in [5.41, 5.74) is -0.156. The second kappa shape index (κ2) is 5.31. The molecule has 21 heavy (non-hydrogen) atoms. The fourth-order valence-corrected chi connectivity index (χ4v) is 3.08. The summed E-state index contributed by atoms with van der Waals surface area (Å²) in [6.07, 6.45) is 5.47. The standard InChI is InChI=1S/C16H19N3O2/c1-16(9-5-2-6-10-16)17-15(21)13-11-7-3-4-8-12(11)14(20)19-18-13/h3-4,7-8H,2,5-6,9-10H2,1H3,(H,17,21)(H,19,20). The normalized spacial score (nSPS) is 17.6. The van der Waals surface area contributed by atoms with Gasteiger partial charge >= 0.3 is 0 Å². The maximum atomic E-state index is 12.5. The van der Waals surface area contributed by atoms with Crippen molar-refractivity contribution in [1.82, 2.24) is 15.5 Å². The Morgan fingerprint density at radius 1 is 1.19 bits per heavy atom. The van der Waals surface area contributed by atoms with Crippen molar-refractivity contribution >= 4 is 16.7 Å². The number of nitrogens with zero attached hydrogens (tertiary/aromatic N) is 1. The van der Waals surface area contributed by atoms with Crippen LogP contribution in [0.1, 0.15) is 49.5 Å². The monoisotopic (exact) mass is 285 g/mol. The van der Waals surface area contributed by atoms with Gasteiger partial charge < -0.3 is 5.32 Å². The molecule has 5 nitrogen and oxygen atoms in total. The lowest BCUT2D eigenvalue weighted by Gasteiger charge is -2.34. The number of benzene rings is 1. The Bertz CT molecular complexity index is 730. The zero-order valence-electron chi connectivity index (χ0n) is 12.1. The molecule has 1 aliphatic rings. The Hall–Kier alpha value is -2.17. The van der Waals surface area contributed by atoms with Crippen LogP contribution in [0.4, 0.5) is 0 Å². The molecule has 0 saturated heterocycles. The predicted molar refractivity (Wildman–Crippen MR) is 81.3 cm³/mol. The van der Waals surface area contributed by atoms with E-state index in [4.69, 9.17) is 0 Å². The first-order valence-electron chi connectivity index (χ1n) is 7.39. The lowest BCUT2D eigenvalue weighted by Crippen LogP contribution is -2.47. The Morgan fingerprint density at radius 2 is 1.86 bits per heavy atom. The molecule has 110 valence electrons. The number of amides is 1. The Morgan fingerprint density at radius 3 is 2.57 bits per heavy atom. The van der Waals surface area contributed by atoms with E-state index in [0.717, 1.165) is 25.7 Å². The molecule has 0 radical (unpaired) electrons. The summed E-state index contributed by atoms with van der Waals surface area (Å²) in [7, 11) is 0. The highest BCUT2D eigenvalue weighted by Gasteiger charge is 2.29. The molecule has 1 aromatic carbocycles. The number of carbonyl (C=O) groups is 1. The van der Waals surface area contributed by atoms with Crippen LogP contribution >= 0.6 is 0 Å². The third-order valence-corrected chi connectivity index (χ3v) is 4.28.